The second-order valence-electron chi connectivity index (χ2n) is 6.50. The highest BCUT2D eigenvalue weighted by Gasteiger charge is 2.09. The molecule has 0 aromatic heterocycles. The number of hydrogen-bond donors (Lipinski definition) is 2. The Bertz CT molecular complexity index is 1010. The lowest BCUT2D eigenvalue weighted by Gasteiger charge is -2.11. The number of hydrogen-bond acceptors (Lipinski definition) is 4. The van der Waals surface area contributed by atoms with Crippen LogP contribution in [0.15, 0.2) is 72.8 Å². The molecule has 0 aliphatic rings. The van der Waals surface area contributed by atoms with Gasteiger partial charge in [-0.3, -0.25) is 20.4 Å². The number of carbonyl (C=O) groups excluding carboxylic acids is 2. The zero-order valence-electron chi connectivity index (χ0n) is 16.4. The number of hydrazine groups is 1. The molecule has 2 N–H and O–H groups in total. The summed E-state index contributed by atoms with van der Waals surface area (Å²) in [5.74, 6) is 0.263. The van der Waals surface area contributed by atoms with E-state index in [4.69, 9.17) is 21.1 Å². The minimum atomic E-state index is -0.486. The van der Waals surface area contributed by atoms with Gasteiger partial charge >= 0.3 is 0 Å². The van der Waals surface area contributed by atoms with Gasteiger partial charge in [0, 0.05) is 10.6 Å². The molecule has 30 heavy (non-hydrogen) atoms. The van der Waals surface area contributed by atoms with Crippen molar-refractivity contribution in [1.29, 1.82) is 0 Å². The Morgan fingerprint density at radius 1 is 0.900 bits per heavy atom. The van der Waals surface area contributed by atoms with Gasteiger partial charge in [-0.15, -0.1) is 0 Å². The Hall–Kier alpha value is -3.51. The van der Waals surface area contributed by atoms with Gasteiger partial charge < -0.3 is 9.47 Å². The zero-order chi connectivity index (χ0) is 21.3. The van der Waals surface area contributed by atoms with Crippen molar-refractivity contribution < 1.29 is 19.1 Å². The monoisotopic (exact) mass is 424 g/mol. The highest BCUT2D eigenvalue weighted by atomic mass is 35.5. The Kier molecular flexibility index (Phi) is 7.29. The number of nitrogens with one attached hydrogen (secondary N) is 2. The standard InChI is InChI=1S/C23H21ClN2O4/c1-16-13-19(24)9-12-21(16)30-15-22(27)25-26-23(28)18-7-10-20(11-8-18)29-14-17-5-3-2-4-6-17/h2-13H,14-15H2,1H3,(H,25,27)(H,26,28). The number of benzene rings is 3. The first-order valence-electron chi connectivity index (χ1n) is 9.26. The van der Waals surface area contributed by atoms with E-state index in [-0.39, 0.29) is 6.61 Å². The van der Waals surface area contributed by atoms with Crippen LogP contribution in [0.1, 0.15) is 21.5 Å². The topological polar surface area (TPSA) is 76.7 Å². The molecule has 0 bridgehead atoms. The highest BCUT2D eigenvalue weighted by Crippen LogP contribution is 2.21. The van der Waals surface area contributed by atoms with Crippen molar-refractivity contribution in [3.05, 3.63) is 94.5 Å². The van der Waals surface area contributed by atoms with E-state index in [1.807, 2.05) is 37.3 Å². The molecule has 3 aromatic rings. The van der Waals surface area contributed by atoms with Gasteiger partial charge in [-0.1, -0.05) is 41.9 Å². The quantitative estimate of drug-likeness (QED) is 0.560. The molecular weight excluding hydrogens is 404 g/mol. The van der Waals surface area contributed by atoms with E-state index >= 15 is 0 Å². The van der Waals surface area contributed by atoms with Crippen molar-refractivity contribution in [2.75, 3.05) is 6.61 Å². The van der Waals surface area contributed by atoms with Crippen LogP contribution in [0, 0.1) is 6.92 Å². The van der Waals surface area contributed by atoms with Gasteiger partial charge in [0.25, 0.3) is 11.8 Å². The summed E-state index contributed by atoms with van der Waals surface area (Å²) >= 11 is 5.89. The number of ether oxygens (including phenoxy) is 2. The Labute approximate surface area is 179 Å². The van der Waals surface area contributed by atoms with Crippen LogP contribution in [0.4, 0.5) is 0 Å². The van der Waals surface area contributed by atoms with Crippen LogP contribution < -0.4 is 20.3 Å². The van der Waals surface area contributed by atoms with Gasteiger partial charge in [-0.05, 0) is 60.5 Å². The number of amides is 2. The molecule has 0 saturated carbocycles. The summed E-state index contributed by atoms with van der Waals surface area (Å²) in [6, 6.07) is 21.5. The Balaban J connectivity index is 1.43. The first kappa shape index (κ1) is 21.2. The molecule has 3 aromatic carbocycles. The molecule has 0 atom stereocenters. The van der Waals surface area contributed by atoms with Gasteiger partial charge in [-0.2, -0.15) is 0 Å². The smallest absolute Gasteiger partial charge is 0.276 e. The summed E-state index contributed by atoms with van der Waals surface area (Å²) in [6.07, 6.45) is 0. The lowest BCUT2D eigenvalue weighted by molar-refractivity contribution is -0.123. The third-order valence-electron chi connectivity index (χ3n) is 4.18. The highest BCUT2D eigenvalue weighted by molar-refractivity contribution is 6.30. The fourth-order valence-corrected chi connectivity index (χ4v) is 2.82. The number of aryl methyl sites for hydroxylation is 1. The molecule has 0 fully saturated rings. The molecule has 0 aliphatic heterocycles. The predicted molar refractivity (Wildman–Crippen MR) is 115 cm³/mol. The fourth-order valence-electron chi connectivity index (χ4n) is 2.60. The molecule has 0 unspecified atom stereocenters. The van der Waals surface area contributed by atoms with E-state index in [1.165, 1.54) is 0 Å². The van der Waals surface area contributed by atoms with Crippen molar-refractivity contribution in [2.45, 2.75) is 13.5 Å². The second kappa shape index (κ2) is 10.3. The summed E-state index contributed by atoms with van der Waals surface area (Å²) in [6.45, 7) is 2.03. The van der Waals surface area contributed by atoms with Crippen molar-refractivity contribution in [2.24, 2.45) is 0 Å². The largest absolute Gasteiger partial charge is 0.489 e. The summed E-state index contributed by atoms with van der Waals surface area (Å²) in [7, 11) is 0. The van der Waals surface area contributed by atoms with Gasteiger partial charge in [0.1, 0.15) is 18.1 Å². The van der Waals surface area contributed by atoms with E-state index < -0.39 is 11.8 Å². The maximum absolute atomic E-state index is 12.2. The normalized spacial score (nSPS) is 10.2. The molecular formula is C23H21ClN2O4. The van der Waals surface area contributed by atoms with Crippen molar-refractivity contribution >= 4 is 23.4 Å². The maximum Gasteiger partial charge on any atom is 0.276 e. The van der Waals surface area contributed by atoms with E-state index in [0.29, 0.717) is 28.7 Å². The third-order valence-corrected chi connectivity index (χ3v) is 4.41. The summed E-state index contributed by atoms with van der Waals surface area (Å²) < 4.78 is 11.1. The van der Waals surface area contributed by atoms with Crippen molar-refractivity contribution in [1.82, 2.24) is 10.9 Å². The van der Waals surface area contributed by atoms with Crippen LogP contribution in [0.25, 0.3) is 0 Å². The SMILES string of the molecule is Cc1cc(Cl)ccc1OCC(=O)NNC(=O)c1ccc(OCc2ccccc2)cc1. The van der Waals surface area contributed by atoms with Crippen LogP contribution in [-0.2, 0) is 11.4 Å². The summed E-state index contributed by atoms with van der Waals surface area (Å²) in [5.41, 5.74) is 6.93. The molecule has 0 spiro atoms. The number of carbonyl (C=O) groups is 2. The maximum atomic E-state index is 12.2. The lowest BCUT2D eigenvalue weighted by Crippen LogP contribution is -2.43. The first-order valence-corrected chi connectivity index (χ1v) is 9.64. The molecule has 0 radical (unpaired) electrons. The minimum Gasteiger partial charge on any atom is -0.489 e. The minimum absolute atomic E-state index is 0.241. The van der Waals surface area contributed by atoms with E-state index in [9.17, 15) is 9.59 Å². The zero-order valence-corrected chi connectivity index (χ0v) is 17.1. The molecule has 6 nitrogen and oxygen atoms in total. The van der Waals surface area contributed by atoms with Gasteiger partial charge in [-0.25, -0.2) is 0 Å². The van der Waals surface area contributed by atoms with Crippen LogP contribution >= 0.6 is 11.6 Å². The second-order valence-corrected chi connectivity index (χ2v) is 6.94. The van der Waals surface area contributed by atoms with Crippen LogP contribution in [0.5, 0.6) is 11.5 Å². The Morgan fingerprint density at radius 3 is 2.33 bits per heavy atom. The number of rotatable bonds is 7. The van der Waals surface area contributed by atoms with E-state index in [2.05, 4.69) is 10.9 Å². The molecule has 0 heterocycles. The Morgan fingerprint density at radius 2 is 1.63 bits per heavy atom. The molecule has 7 heteroatoms. The van der Waals surface area contributed by atoms with Crippen molar-refractivity contribution in [3.63, 3.8) is 0 Å². The van der Waals surface area contributed by atoms with Gasteiger partial charge in [0.2, 0.25) is 0 Å². The third kappa shape index (κ3) is 6.25. The van der Waals surface area contributed by atoms with Crippen LogP contribution in [0.3, 0.4) is 0 Å². The summed E-state index contributed by atoms with van der Waals surface area (Å²) in [4.78, 5) is 24.1. The van der Waals surface area contributed by atoms with Crippen molar-refractivity contribution in [3.8, 4) is 11.5 Å². The average molecular weight is 425 g/mol. The molecule has 0 saturated heterocycles. The predicted octanol–water partition coefficient (Wildman–Crippen LogP) is 4.07. The fraction of sp³-hybridized carbons (Fsp3) is 0.130. The first-order chi connectivity index (χ1) is 14.5. The molecule has 154 valence electrons. The molecule has 3 rings (SSSR count). The van der Waals surface area contributed by atoms with Gasteiger partial charge in [0.05, 0.1) is 0 Å². The average Bonchev–Trinajstić information content (AvgIpc) is 2.76. The van der Waals surface area contributed by atoms with Crippen LogP contribution in [-0.4, -0.2) is 18.4 Å². The lowest BCUT2D eigenvalue weighted by atomic mass is 10.2. The number of halogens is 1. The molecule has 2 amide bonds. The van der Waals surface area contributed by atoms with Crippen LogP contribution in [0.2, 0.25) is 5.02 Å². The van der Waals surface area contributed by atoms with E-state index in [1.54, 1.807) is 42.5 Å². The molecule has 0 aliphatic carbocycles. The van der Waals surface area contributed by atoms with E-state index in [0.717, 1.165) is 11.1 Å². The van der Waals surface area contributed by atoms with Gasteiger partial charge in [0.15, 0.2) is 6.61 Å². The summed E-state index contributed by atoms with van der Waals surface area (Å²) in [5, 5.41) is 0.591.